The van der Waals surface area contributed by atoms with Crippen LogP contribution < -0.4 is 5.32 Å². The fourth-order valence-electron chi connectivity index (χ4n) is 1.89. The van der Waals surface area contributed by atoms with Crippen molar-refractivity contribution < 1.29 is 0 Å². The van der Waals surface area contributed by atoms with Crippen LogP contribution in [-0.4, -0.2) is 16.6 Å². The number of aryl methyl sites for hydroxylation is 1. The predicted molar refractivity (Wildman–Crippen MR) is 72.7 cm³/mol. The molecule has 0 aliphatic heterocycles. The monoisotopic (exact) mass is 269 g/mol. The van der Waals surface area contributed by atoms with E-state index in [-0.39, 0.29) is 6.04 Å². The summed E-state index contributed by atoms with van der Waals surface area (Å²) in [6.45, 7) is 3.16. The quantitative estimate of drug-likeness (QED) is 0.902. The molecular formula is C12H16ClN3S. The highest BCUT2D eigenvalue weighted by molar-refractivity contribution is 7.16. The van der Waals surface area contributed by atoms with E-state index < -0.39 is 0 Å². The molecule has 0 bridgehead atoms. The summed E-state index contributed by atoms with van der Waals surface area (Å²) in [4.78, 5) is 5.65. The van der Waals surface area contributed by atoms with E-state index in [1.54, 1.807) is 11.3 Å². The molecule has 2 heterocycles. The standard InChI is InChI=1S/C12H16ClN3S/c1-3-7-16-8-6-15-12(16)11(14-2)9-4-5-10(13)17-9/h4-6,8,11,14H,3,7H2,1-2H3. The minimum atomic E-state index is 0.119. The number of halogens is 1. The Morgan fingerprint density at radius 3 is 2.94 bits per heavy atom. The van der Waals surface area contributed by atoms with Crippen molar-refractivity contribution in [1.82, 2.24) is 14.9 Å². The fraction of sp³-hybridized carbons (Fsp3) is 0.417. The highest BCUT2D eigenvalue weighted by atomic mass is 35.5. The molecule has 3 nitrogen and oxygen atoms in total. The van der Waals surface area contributed by atoms with Crippen molar-refractivity contribution in [2.45, 2.75) is 25.9 Å². The van der Waals surface area contributed by atoms with Crippen molar-refractivity contribution in [3.8, 4) is 0 Å². The smallest absolute Gasteiger partial charge is 0.131 e. The maximum Gasteiger partial charge on any atom is 0.131 e. The largest absolute Gasteiger partial charge is 0.333 e. The van der Waals surface area contributed by atoms with Gasteiger partial charge in [-0.25, -0.2) is 4.98 Å². The minimum Gasteiger partial charge on any atom is -0.333 e. The summed E-state index contributed by atoms with van der Waals surface area (Å²) in [6.07, 6.45) is 4.98. The van der Waals surface area contributed by atoms with Crippen molar-refractivity contribution >= 4 is 22.9 Å². The molecule has 2 aromatic rings. The molecule has 0 saturated heterocycles. The Morgan fingerprint density at radius 2 is 2.35 bits per heavy atom. The molecule has 0 fully saturated rings. The number of nitrogens with zero attached hydrogens (tertiary/aromatic N) is 2. The van der Waals surface area contributed by atoms with Crippen LogP contribution in [0.1, 0.15) is 30.1 Å². The van der Waals surface area contributed by atoms with Gasteiger partial charge in [0.25, 0.3) is 0 Å². The molecule has 92 valence electrons. The summed E-state index contributed by atoms with van der Waals surface area (Å²) >= 11 is 7.58. The van der Waals surface area contributed by atoms with E-state index in [0.717, 1.165) is 23.1 Å². The summed E-state index contributed by atoms with van der Waals surface area (Å²) in [7, 11) is 1.95. The molecule has 17 heavy (non-hydrogen) atoms. The number of imidazole rings is 1. The van der Waals surface area contributed by atoms with Crippen LogP contribution in [0.5, 0.6) is 0 Å². The molecule has 0 aliphatic carbocycles. The van der Waals surface area contributed by atoms with Gasteiger partial charge in [-0.3, -0.25) is 0 Å². The van der Waals surface area contributed by atoms with Gasteiger partial charge in [0, 0.05) is 23.8 Å². The van der Waals surface area contributed by atoms with E-state index in [1.807, 2.05) is 25.5 Å². The summed E-state index contributed by atoms with van der Waals surface area (Å²) in [6, 6.07) is 4.10. The van der Waals surface area contributed by atoms with E-state index in [4.69, 9.17) is 11.6 Å². The van der Waals surface area contributed by atoms with Crippen molar-refractivity contribution in [2.75, 3.05) is 7.05 Å². The Kier molecular flexibility index (Phi) is 4.20. The highest BCUT2D eigenvalue weighted by Gasteiger charge is 2.18. The van der Waals surface area contributed by atoms with Gasteiger partial charge in [-0.1, -0.05) is 18.5 Å². The van der Waals surface area contributed by atoms with Gasteiger partial charge in [-0.05, 0) is 25.6 Å². The zero-order chi connectivity index (χ0) is 12.3. The minimum absolute atomic E-state index is 0.119. The van der Waals surface area contributed by atoms with Crippen molar-refractivity contribution in [1.29, 1.82) is 0 Å². The van der Waals surface area contributed by atoms with E-state index in [9.17, 15) is 0 Å². The molecule has 1 unspecified atom stereocenters. The Labute approximate surface area is 110 Å². The van der Waals surface area contributed by atoms with E-state index in [0.29, 0.717) is 0 Å². The SMILES string of the molecule is CCCn1ccnc1C(NC)c1ccc(Cl)s1. The van der Waals surface area contributed by atoms with Gasteiger partial charge in [0.1, 0.15) is 11.9 Å². The van der Waals surface area contributed by atoms with Crippen LogP contribution >= 0.6 is 22.9 Å². The van der Waals surface area contributed by atoms with Crippen molar-refractivity contribution in [3.05, 3.63) is 39.6 Å². The molecule has 0 amide bonds. The molecule has 1 N–H and O–H groups in total. The molecule has 0 spiro atoms. The Morgan fingerprint density at radius 1 is 1.53 bits per heavy atom. The predicted octanol–water partition coefficient (Wildman–Crippen LogP) is 3.32. The van der Waals surface area contributed by atoms with Crippen molar-refractivity contribution in [2.24, 2.45) is 0 Å². The number of nitrogens with one attached hydrogen (secondary N) is 1. The van der Waals surface area contributed by atoms with Crippen LogP contribution in [0.25, 0.3) is 0 Å². The third kappa shape index (κ3) is 2.70. The number of thiophene rings is 1. The topological polar surface area (TPSA) is 29.9 Å². The summed E-state index contributed by atoms with van der Waals surface area (Å²) in [5.41, 5.74) is 0. The lowest BCUT2D eigenvalue weighted by molar-refractivity contribution is 0.573. The zero-order valence-corrected chi connectivity index (χ0v) is 11.6. The van der Waals surface area contributed by atoms with Gasteiger partial charge < -0.3 is 9.88 Å². The number of hydrogen-bond donors (Lipinski definition) is 1. The van der Waals surface area contributed by atoms with Gasteiger partial charge in [-0.15, -0.1) is 11.3 Å². The summed E-state index contributed by atoms with van der Waals surface area (Å²) in [5.74, 6) is 1.05. The molecule has 1 atom stereocenters. The second-order valence-corrected chi connectivity index (χ2v) is 5.59. The molecule has 0 aliphatic rings. The lowest BCUT2D eigenvalue weighted by Gasteiger charge is -2.16. The fourth-order valence-corrected chi connectivity index (χ4v) is 3.06. The lowest BCUT2D eigenvalue weighted by Crippen LogP contribution is -2.21. The first kappa shape index (κ1) is 12.6. The van der Waals surface area contributed by atoms with E-state index >= 15 is 0 Å². The van der Waals surface area contributed by atoms with Crippen LogP contribution in [0.3, 0.4) is 0 Å². The average Bonchev–Trinajstić information content (AvgIpc) is 2.91. The second kappa shape index (κ2) is 5.67. The normalized spacial score (nSPS) is 12.9. The molecule has 2 rings (SSSR count). The van der Waals surface area contributed by atoms with Gasteiger partial charge in [0.15, 0.2) is 0 Å². The van der Waals surface area contributed by atoms with Gasteiger partial charge >= 0.3 is 0 Å². The van der Waals surface area contributed by atoms with Gasteiger partial charge in [0.2, 0.25) is 0 Å². The first-order valence-electron chi connectivity index (χ1n) is 5.69. The Bertz CT molecular complexity index is 478. The van der Waals surface area contributed by atoms with E-state index in [2.05, 4.69) is 27.9 Å². The van der Waals surface area contributed by atoms with Crippen LogP contribution in [-0.2, 0) is 6.54 Å². The van der Waals surface area contributed by atoms with Crippen LogP contribution in [0.15, 0.2) is 24.5 Å². The molecule has 0 saturated carbocycles. The molecule has 5 heteroatoms. The molecule has 0 aromatic carbocycles. The third-order valence-corrected chi connectivity index (χ3v) is 3.93. The van der Waals surface area contributed by atoms with Crippen molar-refractivity contribution in [3.63, 3.8) is 0 Å². The van der Waals surface area contributed by atoms with Gasteiger partial charge in [0.05, 0.1) is 4.34 Å². The second-order valence-electron chi connectivity index (χ2n) is 3.84. The average molecular weight is 270 g/mol. The summed E-state index contributed by atoms with van der Waals surface area (Å²) in [5, 5.41) is 3.30. The lowest BCUT2D eigenvalue weighted by atomic mass is 10.2. The first-order chi connectivity index (χ1) is 8.26. The molecular weight excluding hydrogens is 254 g/mol. The maximum atomic E-state index is 5.99. The van der Waals surface area contributed by atoms with Crippen LogP contribution in [0.2, 0.25) is 4.34 Å². The Balaban J connectivity index is 2.31. The third-order valence-electron chi connectivity index (χ3n) is 2.64. The maximum absolute atomic E-state index is 5.99. The van der Waals surface area contributed by atoms with Crippen LogP contribution in [0.4, 0.5) is 0 Å². The van der Waals surface area contributed by atoms with Gasteiger partial charge in [-0.2, -0.15) is 0 Å². The molecule has 0 radical (unpaired) electrons. The zero-order valence-electron chi connectivity index (χ0n) is 9.98. The van der Waals surface area contributed by atoms with Crippen LogP contribution in [0, 0.1) is 0 Å². The number of rotatable bonds is 5. The first-order valence-corrected chi connectivity index (χ1v) is 6.89. The Hall–Kier alpha value is -0.840. The summed E-state index contributed by atoms with van der Waals surface area (Å²) < 4.78 is 3.00. The molecule has 2 aromatic heterocycles. The number of aromatic nitrogens is 2. The van der Waals surface area contributed by atoms with E-state index in [1.165, 1.54) is 4.88 Å². The number of hydrogen-bond acceptors (Lipinski definition) is 3. The highest BCUT2D eigenvalue weighted by Crippen LogP contribution is 2.30.